The van der Waals surface area contributed by atoms with E-state index in [4.69, 9.17) is 11.5 Å². The number of primary amides is 1. The van der Waals surface area contributed by atoms with E-state index in [1.165, 1.54) is 0 Å². The topological polar surface area (TPSA) is 98.2 Å². The third-order valence-electron chi connectivity index (χ3n) is 2.93. The van der Waals surface area contributed by atoms with Crippen LogP contribution in [-0.2, 0) is 22.4 Å². The van der Waals surface area contributed by atoms with Gasteiger partial charge in [-0.15, -0.1) is 0 Å². The number of hydrogen-bond acceptors (Lipinski definition) is 3. The van der Waals surface area contributed by atoms with Crippen molar-refractivity contribution in [3.8, 4) is 0 Å². The molecule has 0 bridgehead atoms. The first kappa shape index (κ1) is 14.6. The molecule has 2 rings (SSSR count). The Morgan fingerprint density at radius 3 is 2.29 bits per heavy atom. The van der Waals surface area contributed by atoms with Gasteiger partial charge in [-0.3, -0.25) is 9.59 Å². The number of nitrogen functional groups attached to an aromatic ring is 1. The summed E-state index contributed by atoms with van der Waals surface area (Å²) in [5.74, 6) is -0.503. The van der Waals surface area contributed by atoms with Crippen LogP contribution >= 0.6 is 0 Å². The molecule has 5 nitrogen and oxygen atoms in total. The molecule has 2 aromatic rings. The zero-order valence-electron chi connectivity index (χ0n) is 11.5. The number of amides is 2. The number of rotatable bonds is 5. The standard InChI is InChI=1S/C16H17N3O2/c17-13-3-1-2-12(8-13)10-16(21)19-14-6-4-11(5-7-14)9-15(18)20/h1-8H,9-10,17H2,(H2,18,20)(H,19,21). The quantitative estimate of drug-likeness (QED) is 0.725. The van der Waals surface area contributed by atoms with Gasteiger partial charge in [0.2, 0.25) is 11.8 Å². The van der Waals surface area contributed by atoms with E-state index in [0.717, 1.165) is 11.1 Å². The van der Waals surface area contributed by atoms with Gasteiger partial charge in [0, 0.05) is 11.4 Å². The molecule has 5 N–H and O–H groups in total. The summed E-state index contributed by atoms with van der Waals surface area (Å²) < 4.78 is 0. The minimum absolute atomic E-state index is 0.122. The van der Waals surface area contributed by atoms with E-state index in [2.05, 4.69) is 5.32 Å². The Morgan fingerprint density at radius 2 is 1.67 bits per heavy atom. The van der Waals surface area contributed by atoms with E-state index in [-0.39, 0.29) is 24.7 Å². The van der Waals surface area contributed by atoms with Crippen LogP contribution in [0.25, 0.3) is 0 Å². The van der Waals surface area contributed by atoms with E-state index in [1.54, 1.807) is 36.4 Å². The molecule has 0 unspecified atom stereocenters. The Balaban J connectivity index is 1.95. The van der Waals surface area contributed by atoms with Crippen LogP contribution < -0.4 is 16.8 Å². The van der Waals surface area contributed by atoms with Crippen molar-refractivity contribution in [2.45, 2.75) is 12.8 Å². The Labute approximate surface area is 123 Å². The molecule has 0 radical (unpaired) electrons. The molecular weight excluding hydrogens is 266 g/mol. The molecule has 108 valence electrons. The van der Waals surface area contributed by atoms with E-state index in [9.17, 15) is 9.59 Å². The fourth-order valence-corrected chi connectivity index (χ4v) is 2.00. The molecule has 0 aliphatic heterocycles. The fourth-order valence-electron chi connectivity index (χ4n) is 2.00. The lowest BCUT2D eigenvalue weighted by Gasteiger charge is -2.07. The van der Waals surface area contributed by atoms with E-state index < -0.39 is 0 Å². The second kappa shape index (κ2) is 6.56. The number of nitrogens with one attached hydrogen (secondary N) is 1. The van der Waals surface area contributed by atoms with Crippen molar-refractivity contribution in [3.63, 3.8) is 0 Å². The number of carbonyl (C=O) groups excluding carboxylic acids is 2. The molecular formula is C16H17N3O2. The van der Waals surface area contributed by atoms with Crippen LogP contribution in [0.2, 0.25) is 0 Å². The van der Waals surface area contributed by atoms with Gasteiger partial charge in [0.05, 0.1) is 12.8 Å². The smallest absolute Gasteiger partial charge is 0.228 e. The van der Waals surface area contributed by atoms with Crippen molar-refractivity contribution < 1.29 is 9.59 Å². The van der Waals surface area contributed by atoms with Crippen molar-refractivity contribution in [2.75, 3.05) is 11.1 Å². The molecule has 5 heteroatoms. The van der Waals surface area contributed by atoms with Crippen molar-refractivity contribution in [1.29, 1.82) is 0 Å². The fraction of sp³-hybridized carbons (Fsp3) is 0.125. The second-order valence-electron chi connectivity index (χ2n) is 4.81. The zero-order chi connectivity index (χ0) is 15.2. The average Bonchev–Trinajstić information content (AvgIpc) is 2.40. The summed E-state index contributed by atoms with van der Waals surface area (Å²) in [6.45, 7) is 0. The molecule has 0 aromatic heterocycles. The lowest BCUT2D eigenvalue weighted by atomic mass is 10.1. The molecule has 0 spiro atoms. The molecule has 0 saturated heterocycles. The number of benzene rings is 2. The maximum absolute atomic E-state index is 11.9. The van der Waals surface area contributed by atoms with Crippen LogP contribution in [0.15, 0.2) is 48.5 Å². The van der Waals surface area contributed by atoms with Gasteiger partial charge in [0.15, 0.2) is 0 Å². The second-order valence-corrected chi connectivity index (χ2v) is 4.81. The molecule has 0 saturated carbocycles. The highest BCUT2D eigenvalue weighted by Gasteiger charge is 2.05. The minimum Gasteiger partial charge on any atom is -0.399 e. The number of carbonyl (C=O) groups is 2. The SMILES string of the molecule is NC(=O)Cc1ccc(NC(=O)Cc2cccc(N)c2)cc1. The summed E-state index contributed by atoms with van der Waals surface area (Å²) in [5.41, 5.74) is 13.8. The van der Waals surface area contributed by atoms with Gasteiger partial charge in [0.1, 0.15) is 0 Å². The van der Waals surface area contributed by atoms with Crippen LogP contribution in [-0.4, -0.2) is 11.8 Å². The third-order valence-corrected chi connectivity index (χ3v) is 2.93. The largest absolute Gasteiger partial charge is 0.399 e. The number of anilines is 2. The predicted octanol–water partition coefficient (Wildman–Crippen LogP) is 1.48. The highest BCUT2D eigenvalue weighted by molar-refractivity contribution is 5.92. The summed E-state index contributed by atoms with van der Waals surface area (Å²) >= 11 is 0. The first-order valence-electron chi connectivity index (χ1n) is 6.54. The van der Waals surface area contributed by atoms with E-state index in [1.807, 2.05) is 12.1 Å². The highest BCUT2D eigenvalue weighted by atomic mass is 16.1. The summed E-state index contributed by atoms with van der Waals surface area (Å²) in [6.07, 6.45) is 0.450. The zero-order valence-corrected chi connectivity index (χ0v) is 11.5. The predicted molar refractivity (Wildman–Crippen MR) is 82.5 cm³/mol. The lowest BCUT2D eigenvalue weighted by Crippen LogP contribution is -2.15. The number of hydrogen-bond donors (Lipinski definition) is 3. The van der Waals surface area contributed by atoms with Gasteiger partial charge in [-0.25, -0.2) is 0 Å². The van der Waals surface area contributed by atoms with Gasteiger partial charge in [-0.1, -0.05) is 24.3 Å². The van der Waals surface area contributed by atoms with Crippen LogP contribution in [0.1, 0.15) is 11.1 Å². The Morgan fingerprint density at radius 1 is 0.952 bits per heavy atom. The maximum Gasteiger partial charge on any atom is 0.228 e. The van der Waals surface area contributed by atoms with Crippen LogP contribution in [0.4, 0.5) is 11.4 Å². The van der Waals surface area contributed by atoms with Crippen molar-refractivity contribution in [2.24, 2.45) is 5.73 Å². The third kappa shape index (κ3) is 4.65. The molecule has 2 aromatic carbocycles. The van der Waals surface area contributed by atoms with Crippen LogP contribution in [0.5, 0.6) is 0 Å². The number of nitrogens with two attached hydrogens (primary N) is 2. The highest BCUT2D eigenvalue weighted by Crippen LogP contribution is 2.12. The maximum atomic E-state index is 11.9. The van der Waals surface area contributed by atoms with Gasteiger partial charge >= 0.3 is 0 Å². The normalized spacial score (nSPS) is 10.1. The van der Waals surface area contributed by atoms with E-state index in [0.29, 0.717) is 11.4 Å². The molecule has 2 amide bonds. The minimum atomic E-state index is -0.381. The Hall–Kier alpha value is -2.82. The van der Waals surface area contributed by atoms with Crippen LogP contribution in [0.3, 0.4) is 0 Å². The summed E-state index contributed by atoms with van der Waals surface area (Å²) in [5, 5.41) is 2.79. The monoisotopic (exact) mass is 283 g/mol. The van der Waals surface area contributed by atoms with Crippen molar-refractivity contribution in [3.05, 3.63) is 59.7 Å². The van der Waals surface area contributed by atoms with Gasteiger partial charge < -0.3 is 16.8 Å². The molecule has 0 aliphatic rings. The molecule has 0 atom stereocenters. The Kier molecular flexibility index (Phi) is 4.56. The Bertz CT molecular complexity index is 651. The molecule has 0 aliphatic carbocycles. The van der Waals surface area contributed by atoms with Crippen LogP contribution in [0, 0.1) is 0 Å². The van der Waals surface area contributed by atoms with Crippen molar-refractivity contribution in [1.82, 2.24) is 0 Å². The first-order chi connectivity index (χ1) is 10.0. The summed E-state index contributed by atoms with van der Waals surface area (Å²) in [6, 6.07) is 14.2. The van der Waals surface area contributed by atoms with Gasteiger partial charge in [-0.05, 0) is 35.4 Å². The molecule has 0 fully saturated rings. The van der Waals surface area contributed by atoms with Gasteiger partial charge in [0.25, 0.3) is 0 Å². The first-order valence-corrected chi connectivity index (χ1v) is 6.54. The van der Waals surface area contributed by atoms with Gasteiger partial charge in [-0.2, -0.15) is 0 Å². The summed E-state index contributed by atoms with van der Waals surface area (Å²) in [4.78, 5) is 22.7. The molecule has 21 heavy (non-hydrogen) atoms. The molecule has 0 heterocycles. The van der Waals surface area contributed by atoms with Crippen molar-refractivity contribution >= 4 is 23.2 Å². The van der Waals surface area contributed by atoms with E-state index >= 15 is 0 Å². The lowest BCUT2D eigenvalue weighted by molar-refractivity contribution is -0.117. The summed E-state index contributed by atoms with van der Waals surface area (Å²) in [7, 11) is 0. The average molecular weight is 283 g/mol.